The highest BCUT2D eigenvalue weighted by Gasteiger charge is 2.23. The summed E-state index contributed by atoms with van der Waals surface area (Å²) in [4.78, 5) is 13.8. The van der Waals surface area contributed by atoms with Gasteiger partial charge in [0.2, 0.25) is 0 Å². The third-order valence-electron chi connectivity index (χ3n) is 2.85. The van der Waals surface area contributed by atoms with Crippen molar-refractivity contribution in [3.05, 3.63) is 29.6 Å². The van der Waals surface area contributed by atoms with Crippen molar-refractivity contribution in [2.45, 2.75) is 13.0 Å². The largest absolute Gasteiger partial charge is 0.507 e. The Morgan fingerprint density at radius 1 is 1.56 bits per heavy atom. The molecule has 0 aliphatic carbocycles. The van der Waals surface area contributed by atoms with E-state index in [0.29, 0.717) is 13.1 Å². The lowest BCUT2D eigenvalue weighted by Gasteiger charge is -2.32. The van der Waals surface area contributed by atoms with Gasteiger partial charge in [-0.15, -0.1) is 12.4 Å². The smallest absolute Gasteiger partial charge is 0.257 e. The van der Waals surface area contributed by atoms with Gasteiger partial charge in [-0.25, -0.2) is 4.39 Å². The molecule has 1 fully saturated rings. The van der Waals surface area contributed by atoms with Gasteiger partial charge in [-0.3, -0.25) is 4.79 Å². The van der Waals surface area contributed by atoms with Crippen LogP contribution in [0.2, 0.25) is 0 Å². The molecule has 0 saturated carbocycles. The van der Waals surface area contributed by atoms with E-state index in [1.54, 1.807) is 4.90 Å². The summed E-state index contributed by atoms with van der Waals surface area (Å²) in [5, 5.41) is 12.8. The molecule has 2 N–H and O–H groups in total. The lowest BCUT2D eigenvalue weighted by Crippen LogP contribution is -2.51. The van der Waals surface area contributed by atoms with Gasteiger partial charge in [0.05, 0.1) is 5.56 Å². The van der Waals surface area contributed by atoms with E-state index in [1.165, 1.54) is 12.1 Å². The van der Waals surface area contributed by atoms with E-state index in [-0.39, 0.29) is 35.7 Å². The predicted molar refractivity (Wildman–Crippen MR) is 68.7 cm³/mol. The highest BCUT2D eigenvalue weighted by Crippen LogP contribution is 2.20. The van der Waals surface area contributed by atoms with Crippen LogP contribution in [0.15, 0.2) is 18.2 Å². The van der Waals surface area contributed by atoms with Crippen LogP contribution < -0.4 is 5.32 Å². The predicted octanol–water partition coefficient (Wildman–Crippen LogP) is 1.39. The number of halogens is 2. The molecule has 1 heterocycles. The number of piperazine rings is 1. The molecular weight excluding hydrogens is 259 g/mol. The summed E-state index contributed by atoms with van der Waals surface area (Å²) < 4.78 is 12.8. The van der Waals surface area contributed by atoms with Gasteiger partial charge in [0.1, 0.15) is 11.6 Å². The maximum absolute atomic E-state index is 12.8. The Hall–Kier alpha value is -1.33. The van der Waals surface area contributed by atoms with Crippen molar-refractivity contribution in [3.63, 3.8) is 0 Å². The monoisotopic (exact) mass is 274 g/mol. The van der Waals surface area contributed by atoms with Crippen molar-refractivity contribution in [3.8, 4) is 5.75 Å². The maximum Gasteiger partial charge on any atom is 0.257 e. The van der Waals surface area contributed by atoms with Crippen molar-refractivity contribution in [2.24, 2.45) is 0 Å². The molecule has 1 aliphatic rings. The number of hydrogen-bond acceptors (Lipinski definition) is 3. The zero-order valence-corrected chi connectivity index (χ0v) is 10.8. The van der Waals surface area contributed by atoms with Crippen molar-refractivity contribution < 1.29 is 14.3 Å². The molecule has 0 unspecified atom stereocenters. The van der Waals surface area contributed by atoms with Crippen molar-refractivity contribution in [1.82, 2.24) is 10.2 Å². The Morgan fingerprint density at radius 3 is 2.89 bits per heavy atom. The van der Waals surface area contributed by atoms with E-state index in [4.69, 9.17) is 0 Å². The van der Waals surface area contributed by atoms with Crippen LogP contribution in [0.3, 0.4) is 0 Å². The molecule has 0 radical (unpaired) electrons. The quantitative estimate of drug-likeness (QED) is 0.814. The van der Waals surface area contributed by atoms with Gasteiger partial charge in [-0.1, -0.05) is 0 Å². The van der Waals surface area contributed by atoms with Gasteiger partial charge in [0.15, 0.2) is 0 Å². The average Bonchev–Trinajstić information content (AvgIpc) is 2.28. The van der Waals surface area contributed by atoms with Crippen molar-refractivity contribution >= 4 is 18.3 Å². The summed E-state index contributed by atoms with van der Waals surface area (Å²) in [6.45, 7) is 3.91. The molecular formula is C12H16ClFN2O2. The third-order valence-corrected chi connectivity index (χ3v) is 2.85. The fraction of sp³-hybridized carbons (Fsp3) is 0.417. The maximum atomic E-state index is 12.8. The van der Waals surface area contributed by atoms with E-state index in [9.17, 15) is 14.3 Å². The van der Waals surface area contributed by atoms with Crippen molar-refractivity contribution in [1.29, 1.82) is 0 Å². The number of amides is 1. The second kappa shape index (κ2) is 6.02. The Balaban J connectivity index is 0.00000162. The van der Waals surface area contributed by atoms with Crippen LogP contribution >= 0.6 is 12.4 Å². The topological polar surface area (TPSA) is 52.6 Å². The van der Waals surface area contributed by atoms with Crippen LogP contribution in [0.1, 0.15) is 17.3 Å². The standard InChI is InChI=1S/C12H15FN2O2.ClH/c1-8-7-15(5-4-14-8)12(17)10-3-2-9(13)6-11(10)16;/h2-3,6,8,14,16H,4-5,7H2,1H3;1H/t8-;/m1./s1. The Bertz CT molecular complexity index is 442. The van der Waals surface area contributed by atoms with Gasteiger partial charge in [-0.2, -0.15) is 0 Å². The second-order valence-corrected chi connectivity index (χ2v) is 4.27. The van der Waals surface area contributed by atoms with Crippen LogP contribution in [0, 0.1) is 5.82 Å². The van der Waals surface area contributed by atoms with Crippen LogP contribution in [0.4, 0.5) is 4.39 Å². The summed E-state index contributed by atoms with van der Waals surface area (Å²) in [7, 11) is 0. The molecule has 0 spiro atoms. The fourth-order valence-electron chi connectivity index (χ4n) is 1.97. The highest BCUT2D eigenvalue weighted by atomic mass is 35.5. The molecule has 0 bridgehead atoms. The Labute approximate surface area is 111 Å². The molecule has 0 aromatic heterocycles. The number of carbonyl (C=O) groups is 1. The minimum atomic E-state index is -0.548. The zero-order chi connectivity index (χ0) is 12.4. The fourth-order valence-corrected chi connectivity index (χ4v) is 1.97. The average molecular weight is 275 g/mol. The van der Waals surface area contributed by atoms with Gasteiger partial charge in [-0.05, 0) is 19.1 Å². The Morgan fingerprint density at radius 2 is 2.28 bits per heavy atom. The number of aromatic hydroxyl groups is 1. The summed E-state index contributed by atoms with van der Waals surface area (Å²) in [6, 6.07) is 3.69. The number of hydrogen-bond donors (Lipinski definition) is 2. The third kappa shape index (κ3) is 3.11. The number of phenols is 1. The van der Waals surface area contributed by atoms with Gasteiger partial charge < -0.3 is 15.3 Å². The Kier molecular flexibility index (Phi) is 4.93. The summed E-state index contributed by atoms with van der Waals surface area (Å²) in [5.41, 5.74) is 0.153. The summed E-state index contributed by atoms with van der Waals surface area (Å²) in [6.07, 6.45) is 0. The van der Waals surface area contributed by atoms with Crippen molar-refractivity contribution in [2.75, 3.05) is 19.6 Å². The van der Waals surface area contributed by atoms with E-state index < -0.39 is 5.82 Å². The first-order valence-corrected chi connectivity index (χ1v) is 5.59. The zero-order valence-electron chi connectivity index (χ0n) is 10.0. The van der Waals surface area contributed by atoms with Gasteiger partial charge in [0, 0.05) is 31.7 Å². The summed E-state index contributed by atoms with van der Waals surface area (Å²) in [5.74, 6) is -1.11. The number of nitrogens with one attached hydrogen (secondary N) is 1. The first kappa shape index (κ1) is 14.7. The molecule has 1 aromatic rings. The van der Waals surface area contributed by atoms with Crippen LogP contribution in [-0.4, -0.2) is 41.6 Å². The normalized spacial score (nSPS) is 19.2. The molecule has 1 aliphatic heterocycles. The molecule has 1 aromatic carbocycles. The summed E-state index contributed by atoms with van der Waals surface area (Å²) >= 11 is 0. The van der Waals surface area contributed by atoms with E-state index in [1.807, 2.05) is 6.92 Å². The van der Waals surface area contributed by atoms with Gasteiger partial charge >= 0.3 is 0 Å². The van der Waals surface area contributed by atoms with E-state index in [0.717, 1.165) is 12.6 Å². The molecule has 6 heteroatoms. The molecule has 2 rings (SSSR count). The minimum Gasteiger partial charge on any atom is -0.507 e. The highest BCUT2D eigenvalue weighted by molar-refractivity contribution is 5.96. The SMILES string of the molecule is C[C@@H]1CN(C(=O)c2ccc(F)cc2O)CCN1.Cl. The van der Waals surface area contributed by atoms with Crippen LogP contribution in [-0.2, 0) is 0 Å². The number of phenolic OH excluding ortho intramolecular Hbond substituents is 1. The number of benzene rings is 1. The van der Waals surface area contributed by atoms with Gasteiger partial charge in [0.25, 0.3) is 5.91 Å². The molecule has 100 valence electrons. The minimum absolute atomic E-state index is 0. The first-order valence-electron chi connectivity index (χ1n) is 5.59. The van der Waals surface area contributed by atoms with Crippen LogP contribution in [0.25, 0.3) is 0 Å². The molecule has 1 amide bonds. The molecule has 18 heavy (non-hydrogen) atoms. The number of nitrogens with zero attached hydrogens (tertiary/aromatic N) is 1. The van der Waals surface area contributed by atoms with Crippen LogP contribution in [0.5, 0.6) is 5.75 Å². The van der Waals surface area contributed by atoms with E-state index in [2.05, 4.69) is 5.32 Å². The lowest BCUT2D eigenvalue weighted by molar-refractivity contribution is 0.0706. The molecule has 1 saturated heterocycles. The second-order valence-electron chi connectivity index (χ2n) is 4.27. The number of carbonyl (C=O) groups excluding carboxylic acids is 1. The number of rotatable bonds is 1. The molecule has 1 atom stereocenters. The first-order chi connectivity index (χ1) is 8.08. The lowest BCUT2D eigenvalue weighted by atomic mass is 10.1. The molecule has 4 nitrogen and oxygen atoms in total. The van der Waals surface area contributed by atoms with E-state index >= 15 is 0 Å².